The van der Waals surface area contributed by atoms with Crippen LogP contribution in [-0.4, -0.2) is 6.98 Å². The molecule has 1 aromatic rings. The summed E-state index contributed by atoms with van der Waals surface area (Å²) >= 11 is 0. The molecule has 0 N–H and O–H groups in total. The van der Waals surface area contributed by atoms with Crippen LogP contribution < -0.4 is 10.0 Å². The summed E-state index contributed by atoms with van der Waals surface area (Å²) in [6.07, 6.45) is 3.01. The number of aromatic nitrogens is 1. The molecule has 1 heterocycles. The van der Waals surface area contributed by atoms with E-state index in [1.807, 2.05) is 13.8 Å². The Hall–Kier alpha value is -0.995. The third kappa shape index (κ3) is 2.27. The highest BCUT2D eigenvalue weighted by Gasteiger charge is 2.28. The topological polar surface area (TPSA) is 3.88 Å². The zero-order valence-corrected chi connectivity index (χ0v) is 8.47. The molecule has 0 aliphatic rings. The van der Waals surface area contributed by atoms with E-state index < -0.39 is 12.4 Å². The van der Waals surface area contributed by atoms with Crippen molar-refractivity contribution in [3.63, 3.8) is 0 Å². The SMILES string of the molecule is Cc1c[n+](C(C)C)ccc1[B-](F)(F)F. The van der Waals surface area contributed by atoms with E-state index in [1.54, 1.807) is 4.57 Å². The van der Waals surface area contributed by atoms with Gasteiger partial charge in [0.1, 0.15) is 0 Å². The first kappa shape index (κ1) is 11.1. The highest BCUT2D eigenvalue weighted by Crippen LogP contribution is 2.10. The summed E-state index contributed by atoms with van der Waals surface area (Å²) in [4.78, 5) is 0. The molecule has 0 amide bonds. The van der Waals surface area contributed by atoms with Gasteiger partial charge < -0.3 is 12.9 Å². The van der Waals surface area contributed by atoms with Gasteiger partial charge in [-0.05, 0) is 32.4 Å². The molecule has 0 fully saturated rings. The van der Waals surface area contributed by atoms with E-state index in [2.05, 4.69) is 0 Å². The second-order valence-electron chi connectivity index (χ2n) is 3.70. The molecule has 0 aliphatic carbocycles. The Bertz CT molecular complexity index is 333. The molecule has 0 unspecified atom stereocenters. The van der Waals surface area contributed by atoms with E-state index in [0.717, 1.165) is 6.07 Å². The summed E-state index contributed by atoms with van der Waals surface area (Å²) in [6, 6.07) is 1.33. The van der Waals surface area contributed by atoms with Crippen LogP contribution in [0.25, 0.3) is 0 Å². The minimum Gasteiger partial charge on any atom is -0.445 e. The van der Waals surface area contributed by atoms with Crippen molar-refractivity contribution in [3.05, 3.63) is 24.0 Å². The summed E-state index contributed by atoms with van der Waals surface area (Å²) in [5.41, 5.74) is -0.212. The first-order valence-corrected chi connectivity index (χ1v) is 4.53. The maximum absolute atomic E-state index is 12.4. The standard InChI is InChI=1S/C9H13BF3N/c1-7(2)14-5-4-9(8(3)6-14)10(11,12)13/h4-7H,1-3H3. The normalized spacial score (nSPS) is 12.2. The van der Waals surface area contributed by atoms with Gasteiger partial charge in [-0.3, -0.25) is 0 Å². The van der Waals surface area contributed by atoms with Crippen LogP contribution in [0.15, 0.2) is 18.5 Å². The van der Waals surface area contributed by atoms with Gasteiger partial charge in [0.05, 0.1) is 0 Å². The summed E-state index contributed by atoms with van der Waals surface area (Å²) < 4.78 is 39.1. The second-order valence-corrected chi connectivity index (χ2v) is 3.70. The number of pyridine rings is 1. The van der Waals surface area contributed by atoms with Crippen LogP contribution in [0.1, 0.15) is 25.5 Å². The Morgan fingerprint density at radius 1 is 1.29 bits per heavy atom. The summed E-state index contributed by atoms with van der Waals surface area (Å²) in [6.45, 7) is 0.467. The monoisotopic (exact) mass is 203 g/mol. The molecule has 0 bridgehead atoms. The van der Waals surface area contributed by atoms with Gasteiger partial charge in [-0.1, -0.05) is 5.46 Å². The van der Waals surface area contributed by atoms with Crippen LogP contribution in [0.3, 0.4) is 0 Å². The lowest BCUT2D eigenvalue weighted by atomic mass is 9.78. The highest BCUT2D eigenvalue weighted by molar-refractivity contribution is 6.73. The average molecular weight is 203 g/mol. The fourth-order valence-electron chi connectivity index (χ4n) is 1.33. The number of nitrogens with zero attached hydrogens (tertiary/aromatic N) is 1. The minimum absolute atomic E-state index is 0.184. The van der Waals surface area contributed by atoms with Crippen molar-refractivity contribution in [3.8, 4) is 0 Å². The van der Waals surface area contributed by atoms with Crippen molar-refractivity contribution >= 4 is 12.4 Å². The fraction of sp³-hybridized carbons (Fsp3) is 0.444. The van der Waals surface area contributed by atoms with Crippen LogP contribution in [0, 0.1) is 6.92 Å². The van der Waals surface area contributed by atoms with E-state index in [1.165, 1.54) is 19.3 Å². The van der Waals surface area contributed by atoms with Gasteiger partial charge in [0.2, 0.25) is 0 Å². The molecule has 1 rings (SSSR count). The van der Waals surface area contributed by atoms with Crippen LogP contribution in [0.4, 0.5) is 12.9 Å². The Kier molecular flexibility index (Phi) is 2.88. The molecule has 78 valence electrons. The average Bonchev–Trinajstić information content (AvgIpc) is 2.01. The lowest BCUT2D eigenvalue weighted by Crippen LogP contribution is -2.43. The Morgan fingerprint density at radius 2 is 1.86 bits per heavy atom. The molecule has 0 atom stereocenters. The molecule has 5 heteroatoms. The number of rotatable bonds is 2. The number of aryl methyl sites for hydroxylation is 1. The Balaban J connectivity index is 3.15. The Labute approximate surface area is 81.6 Å². The highest BCUT2D eigenvalue weighted by atomic mass is 19.4. The molecule has 0 radical (unpaired) electrons. The zero-order chi connectivity index (χ0) is 10.9. The number of halogens is 3. The molecular weight excluding hydrogens is 190 g/mol. The largest absolute Gasteiger partial charge is 0.510 e. The molecule has 1 aromatic heterocycles. The van der Waals surface area contributed by atoms with Crippen molar-refractivity contribution in [2.75, 3.05) is 0 Å². The van der Waals surface area contributed by atoms with E-state index in [4.69, 9.17) is 0 Å². The third-order valence-corrected chi connectivity index (χ3v) is 2.17. The van der Waals surface area contributed by atoms with Crippen molar-refractivity contribution in [1.29, 1.82) is 0 Å². The van der Waals surface area contributed by atoms with Gasteiger partial charge >= 0.3 is 6.98 Å². The van der Waals surface area contributed by atoms with Gasteiger partial charge in [0, 0.05) is 0 Å². The van der Waals surface area contributed by atoms with E-state index in [9.17, 15) is 12.9 Å². The Morgan fingerprint density at radius 3 is 2.21 bits per heavy atom. The number of hydrogen-bond donors (Lipinski definition) is 0. The minimum atomic E-state index is -4.88. The molecule has 0 aliphatic heterocycles. The van der Waals surface area contributed by atoms with Gasteiger partial charge in [-0.2, -0.15) is 0 Å². The van der Waals surface area contributed by atoms with Gasteiger partial charge in [0.25, 0.3) is 0 Å². The fourth-order valence-corrected chi connectivity index (χ4v) is 1.33. The maximum atomic E-state index is 12.4. The molecule has 0 saturated heterocycles. The molecule has 0 saturated carbocycles. The van der Waals surface area contributed by atoms with Crippen molar-refractivity contribution in [2.24, 2.45) is 0 Å². The smallest absolute Gasteiger partial charge is 0.445 e. The van der Waals surface area contributed by atoms with Crippen molar-refractivity contribution in [1.82, 2.24) is 0 Å². The first-order valence-electron chi connectivity index (χ1n) is 4.53. The van der Waals surface area contributed by atoms with Gasteiger partial charge in [0.15, 0.2) is 18.4 Å². The van der Waals surface area contributed by atoms with Crippen LogP contribution in [0.2, 0.25) is 0 Å². The predicted octanol–water partition coefficient (Wildman–Crippen LogP) is 1.92. The van der Waals surface area contributed by atoms with Crippen molar-refractivity contribution in [2.45, 2.75) is 26.8 Å². The lowest BCUT2D eigenvalue weighted by Gasteiger charge is -2.16. The maximum Gasteiger partial charge on any atom is 0.510 e. The molecule has 0 spiro atoms. The van der Waals surface area contributed by atoms with Gasteiger partial charge in [-0.25, -0.2) is 4.57 Å². The summed E-state index contributed by atoms with van der Waals surface area (Å²) in [5, 5.41) is 0. The summed E-state index contributed by atoms with van der Waals surface area (Å²) in [5.74, 6) is 0. The van der Waals surface area contributed by atoms with E-state index in [-0.39, 0.29) is 11.6 Å². The predicted molar refractivity (Wildman–Crippen MR) is 50.5 cm³/mol. The van der Waals surface area contributed by atoms with Crippen LogP contribution >= 0.6 is 0 Å². The van der Waals surface area contributed by atoms with E-state index in [0.29, 0.717) is 0 Å². The second kappa shape index (κ2) is 3.63. The third-order valence-electron chi connectivity index (χ3n) is 2.17. The lowest BCUT2D eigenvalue weighted by molar-refractivity contribution is -0.716. The van der Waals surface area contributed by atoms with Gasteiger partial charge in [-0.15, -0.1) is 0 Å². The van der Waals surface area contributed by atoms with Crippen LogP contribution in [0.5, 0.6) is 0 Å². The molecule has 14 heavy (non-hydrogen) atoms. The number of hydrogen-bond acceptors (Lipinski definition) is 0. The first-order chi connectivity index (χ1) is 6.32. The molecule has 1 nitrogen and oxygen atoms in total. The molecular formula is C9H13BF3N. The van der Waals surface area contributed by atoms with Crippen molar-refractivity contribution < 1.29 is 17.5 Å². The summed E-state index contributed by atoms with van der Waals surface area (Å²) in [7, 11) is 0. The molecule has 0 aromatic carbocycles. The zero-order valence-electron chi connectivity index (χ0n) is 8.47. The van der Waals surface area contributed by atoms with Crippen LogP contribution in [-0.2, 0) is 0 Å². The quantitative estimate of drug-likeness (QED) is 0.510. The van der Waals surface area contributed by atoms with E-state index >= 15 is 0 Å².